The molecule has 0 spiro atoms. The number of para-hydroxylation sites is 5. The van der Waals surface area contributed by atoms with Gasteiger partial charge >= 0.3 is 0 Å². The van der Waals surface area contributed by atoms with Crippen molar-refractivity contribution in [2.24, 2.45) is 0 Å². The van der Waals surface area contributed by atoms with Crippen LogP contribution in [0.5, 0.6) is 0 Å². The molecule has 13 rings (SSSR count). The highest BCUT2D eigenvalue weighted by atomic mass is 16.3. The minimum Gasteiger partial charge on any atom is -0.456 e. The van der Waals surface area contributed by atoms with Crippen molar-refractivity contribution >= 4 is 89.0 Å². The summed E-state index contributed by atoms with van der Waals surface area (Å²) in [5.41, 5.74) is 17.9. The van der Waals surface area contributed by atoms with Crippen LogP contribution in [0.2, 0.25) is 0 Å². The van der Waals surface area contributed by atoms with Gasteiger partial charge in [-0.25, -0.2) is 0 Å². The molecule has 0 amide bonds. The van der Waals surface area contributed by atoms with Crippen molar-refractivity contribution < 1.29 is 8.83 Å². The van der Waals surface area contributed by atoms with Crippen LogP contribution in [0.25, 0.3) is 82.7 Å². The molecule has 0 saturated heterocycles. The van der Waals surface area contributed by atoms with Gasteiger partial charge in [0.1, 0.15) is 28.1 Å². The van der Waals surface area contributed by atoms with Gasteiger partial charge in [-0.2, -0.15) is 0 Å². The number of aryl methyl sites for hydroxylation is 2. The normalized spacial score (nSPS) is 11.6. The minimum absolute atomic E-state index is 0.842. The molecule has 0 aliphatic carbocycles. The second kappa shape index (κ2) is 16.4. The predicted molar refractivity (Wildman–Crippen MR) is 288 cm³/mol. The fraction of sp³-hybridized carbons (Fsp3) is 0.0312. The van der Waals surface area contributed by atoms with E-state index in [1.165, 1.54) is 22.0 Å². The fourth-order valence-corrected chi connectivity index (χ4v) is 10.4. The lowest BCUT2D eigenvalue weighted by Gasteiger charge is -2.29. The molecule has 3 aromatic heterocycles. The first-order chi connectivity index (χ1) is 34.0. The summed E-state index contributed by atoms with van der Waals surface area (Å²) in [6.07, 6.45) is 0. The third-order valence-corrected chi connectivity index (χ3v) is 13.6. The van der Waals surface area contributed by atoms with Crippen molar-refractivity contribution in [3.05, 3.63) is 248 Å². The first-order valence-electron chi connectivity index (χ1n) is 23.5. The third-order valence-electron chi connectivity index (χ3n) is 13.6. The maximum absolute atomic E-state index is 6.44. The Morgan fingerprint density at radius 3 is 1.46 bits per heavy atom. The van der Waals surface area contributed by atoms with Crippen LogP contribution in [-0.2, 0) is 0 Å². The maximum atomic E-state index is 6.44. The first-order valence-corrected chi connectivity index (χ1v) is 23.5. The largest absolute Gasteiger partial charge is 0.456 e. The Morgan fingerprint density at radius 1 is 0.333 bits per heavy atom. The van der Waals surface area contributed by atoms with E-state index in [-0.39, 0.29) is 0 Å². The predicted octanol–water partition coefficient (Wildman–Crippen LogP) is 18.3. The van der Waals surface area contributed by atoms with Crippen molar-refractivity contribution in [2.75, 3.05) is 9.80 Å². The van der Waals surface area contributed by atoms with Gasteiger partial charge in [-0.15, -0.1) is 0 Å². The molecule has 5 heteroatoms. The summed E-state index contributed by atoms with van der Waals surface area (Å²) in [6.45, 7) is 4.47. The van der Waals surface area contributed by atoms with Gasteiger partial charge in [0, 0.05) is 73.1 Å². The summed E-state index contributed by atoms with van der Waals surface area (Å²) < 4.78 is 15.3. The number of fused-ring (bicyclic) bond motifs is 7. The van der Waals surface area contributed by atoms with Crippen molar-refractivity contribution in [1.29, 1.82) is 0 Å². The standard InChI is InChI=1S/C64H45N3O2/c1-42-37-47(31-36-58(42)66(48-20-5-3-6-21-48)64-43(2)53-25-9-12-28-59(53)67(64)49-22-7-4-8-23-49)45-18-15-17-44(38-45)46-19-16-24-50(39-46)65(51-32-34-56-54-26-10-13-29-60(54)68-62(56)40-51)52-33-35-57-55-27-11-14-30-61(55)69-63(57)41-52/h3-41H,1-2H3. The summed E-state index contributed by atoms with van der Waals surface area (Å²) in [7, 11) is 0. The van der Waals surface area contributed by atoms with Gasteiger partial charge in [0.2, 0.25) is 0 Å². The maximum Gasteiger partial charge on any atom is 0.137 e. The highest BCUT2D eigenvalue weighted by molar-refractivity contribution is 6.08. The van der Waals surface area contributed by atoms with E-state index in [4.69, 9.17) is 8.83 Å². The van der Waals surface area contributed by atoms with E-state index in [0.29, 0.717) is 0 Å². The van der Waals surface area contributed by atoms with Gasteiger partial charge < -0.3 is 13.7 Å². The van der Waals surface area contributed by atoms with E-state index >= 15 is 0 Å². The smallest absolute Gasteiger partial charge is 0.137 e. The molecule has 69 heavy (non-hydrogen) atoms. The molecule has 0 bridgehead atoms. The minimum atomic E-state index is 0.842. The van der Waals surface area contributed by atoms with Crippen molar-refractivity contribution in [3.8, 4) is 27.9 Å². The van der Waals surface area contributed by atoms with E-state index in [2.05, 4.69) is 241 Å². The van der Waals surface area contributed by atoms with E-state index in [1.807, 2.05) is 24.3 Å². The zero-order valence-electron chi connectivity index (χ0n) is 38.2. The second-order valence-corrected chi connectivity index (χ2v) is 17.8. The number of nitrogens with zero attached hydrogens (tertiary/aromatic N) is 3. The molecule has 0 N–H and O–H groups in total. The van der Waals surface area contributed by atoms with Crippen LogP contribution in [0.15, 0.2) is 245 Å². The Labute approximate surface area is 399 Å². The Balaban J connectivity index is 0.899. The summed E-state index contributed by atoms with van der Waals surface area (Å²) in [5, 5.41) is 5.63. The molecular weight excluding hydrogens is 843 g/mol. The van der Waals surface area contributed by atoms with Crippen LogP contribution in [0.4, 0.5) is 34.3 Å². The first kappa shape index (κ1) is 40.2. The Morgan fingerprint density at radius 2 is 0.826 bits per heavy atom. The molecule has 13 aromatic rings. The monoisotopic (exact) mass is 887 g/mol. The number of hydrogen-bond donors (Lipinski definition) is 0. The molecule has 0 unspecified atom stereocenters. The topological polar surface area (TPSA) is 37.7 Å². The summed E-state index contributed by atoms with van der Waals surface area (Å²) in [4.78, 5) is 4.72. The highest BCUT2D eigenvalue weighted by Gasteiger charge is 2.25. The molecule has 3 heterocycles. The molecule has 5 nitrogen and oxygen atoms in total. The van der Waals surface area contributed by atoms with Crippen LogP contribution < -0.4 is 9.80 Å². The number of anilines is 6. The molecule has 0 fully saturated rings. The van der Waals surface area contributed by atoms with Gasteiger partial charge in [0.15, 0.2) is 0 Å². The molecular formula is C64H45N3O2. The van der Waals surface area contributed by atoms with Crippen molar-refractivity contribution in [2.45, 2.75) is 13.8 Å². The van der Waals surface area contributed by atoms with Gasteiger partial charge in [-0.1, -0.05) is 127 Å². The lowest BCUT2D eigenvalue weighted by molar-refractivity contribution is 0.669. The van der Waals surface area contributed by atoms with E-state index in [0.717, 1.165) is 106 Å². The lowest BCUT2D eigenvalue weighted by atomic mass is 9.97. The average Bonchev–Trinajstić information content (AvgIpc) is 4.06. The SMILES string of the molecule is Cc1cc(-c2cccc(-c3cccc(N(c4ccc5c(c4)oc4ccccc45)c4ccc5c(c4)oc4ccccc45)c3)c2)ccc1N(c1ccccc1)c1c(C)c2ccccc2n1-c1ccccc1. The second-order valence-electron chi connectivity index (χ2n) is 17.8. The molecule has 10 aromatic carbocycles. The Kier molecular flexibility index (Phi) is 9.55. The quantitative estimate of drug-likeness (QED) is 0.145. The van der Waals surface area contributed by atoms with Gasteiger partial charge in [0.25, 0.3) is 0 Å². The van der Waals surface area contributed by atoms with Crippen LogP contribution in [0.1, 0.15) is 11.1 Å². The summed E-state index contributed by atoms with van der Waals surface area (Å²) in [5.74, 6) is 1.12. The Bertz CT molecular complexity index is 3950. The van der Waals surface area contributed by atoms with Gasteiger partial charge in [-0.3, -0.25) is 9.47 Å². The van der Waals surface area contributed by atoms with Crippen LogP contribution in [-0.4, -0.2) is 4.57 Å². The molecule has 0 radical (unpaired) electrons. The summed E-state index contributed by atoms with van der Waals surface area (Å²) in [6, 6.07) is 84.2. The van der Waals surface area contributed by atoms with Crippen molar-refractivity contribution in [1.82, 2.24) is 4.57 Å². The van der Waals surface area contributed by atoms with Gasteiger partial charge in [-0.05, 0) is 139 Å². The number of furan rings is 2. The van der Waals surface area contributed by atoms with Crippen LogP contribution in [0, 0.1) is 13.8 Å². The lowest BCUT2D eigenvalue weighted by Crippen LogP contribution is -2.16. The zero-order valence-corrected chi connectivity index (χ0v) is 38.2. The number of hydrogen-bond acceptors (Lipinski definition) is 4. The Hall–Kier alpha value is -9.06. The molecule has 0 aliphatic rings. The number of aromatic nitrogens is 1. The molecule has 0 saturated carbocycles. The van der Waals surface area contributed by atoms with E-state index < -0.39 is 0 Å². The van der Waals surface area contributed by atoms with Crippen molar-refractivity contribution in [3.63, 3.8) is 0 Å². The average molecular weight is 888 g/mol. The van der Waals surface area contributed by atoms with E-state index in [1.54, 1.807) is 0 Å². The third kappa shape index (κ3) is 6.86. The molecule has 0 aliphatic heterocycles. The zero-order chi connectivity index (χ0) is 46.0. The number of rotatable bonds is 9. The van der Waals surface area contributed by atoms with Gasteiger partial charge in [0.05, 0.1) is 11.2 Å². The van der Waals surface area contributed by atoms with Crippen LogP contribution >= 0.6 is 0 Å². The molecule has 328 valence electrons. The van der Waals surface area contributed by atoms with Crippen LogP contribution in [0.3, 0.4) is 0 Å². The molecule has 0 atom stereocenters. The summed E-state index contributed by atoms with van der Waals surface area (Å²) >= 11 is 0. The van der Waals surface area contributed by atoms with E-state index in [9.17, 15) is 0 Å². The fourth-order valence-electron chi connectivity index (χ4n) is 10.4. The number of benzene rings is 10. The highest BCUT2D eigenvalue weighted by Crippen LogP contribution is 2.46.